The fourth-order valence-electron chi connectivity index (χ4n) is 0. The number of rotatable bonds is 0. The number of hydrogen-bond donors (Lipinski definition) is 0. The average Bonchev–Trinajstić information content (AvgIpc) is 0. The van der Waals surface area contributed by atoms with Crippen molar-refractivity contribution >= 4 is 11.0 Å². The summed E-state index contributed by atoms with van der Waals surface area (Å²) in [5.74, 6) is 0. The van der Waals surface area contributed by atoms with Crippen LogP contribution in [0.1, 0.15) is 0 Å². The Hall–Kier alpha value is 3.36. The van der Waals surface area contributed by atoms with Crippen LogP contribution in [0.4, 0.5) is 0 Å². The van der Waals surface area contributed by atoms with Gasteiger partial charge in [-0.2, -0.15) is 0 Å². The molecule has 0 amide bonds. The summed E-state index contributed by atoms with van der Waals surface area (Å²) in [7, 11) is 0. The van der Waals surface area contributed by atoms with E-state index in [9.17, 15) is 0 Å². The molecule has 0 N–H and O–H groups in total. The maximum atomic E-state index is 0. The first kappa shape index (κ1) is 57.9. The summed E-state index contributed by atoms with van der Waals surface area (Å²) in [5, 5.41) is 0. The van der Waals surface area contributed by atoms with Gasteiger partial charge >= 0.3 is 0 Å². The normalized spacial score (nSPS) is 0. The summed E-state index contributed by atoms with van der Waals surface area (Å²) in [4.78, 5) is 0. The molecule has 0 atom stereocenters. The molecule has 0 aliphatic rings. The van der Waals surface area contributed by atoms with E-state index in [0.29, 0.717) is 0 Å². The molecular weight excluding hydrogens is 518 g/mol. The molecular formula is AgAuCuFeSiZn. The standard InChI is InChI=1S/Ag.Au.Cu.Fe.Si.Zn. The van der Waals surface area contributed by atoms with Crippen LogP contribution in [0.2, 0.25) is 0 Å². The van der Waals surface area contributed by atoms with Gasteiger partial charge in [-0.05, 0) is 0 Å². The zero-order valence-corrected chi connectivity index (χ0v) is 12.1. The third kappa shape index (κ3) is 26.4. The van der Waals surface area contributed by atoms with E-state index in [1.165, 1.54) is 0 Å². The Balaban J connectivity index is 0. The van der Waals surface area contributed by atoms with Gasteiger partial charge in [0.2, 0.25) is 0 Å². The smallest absolute Gasteiger partial charge is 0 e. The fourth-order valence-corrected chi connectivity index (χ4v) is 0. The van der Waals surface area contributed by atoms with Crippen LogP contribution in [0.5, 0.6) is 0 Å². The third-order valence-corrected chi connectivity index (χ3v) is 0. The molecule has 0 saturated carbocycles. The molecule has 47 valence electrons. The molecule has 0 aromatic rings. The fraction of sp³-hybridized carbons (Fsp3) is 0. The molecule has 0 nitrogen and oxygen atoms in total. The van der Waals surface area contributed by atoms with Gasteiger partial charge in [0.1, 0.15) is 0 Å². The first-order valence-corrected chi connectivity index (χ1v) is 0. The Morgan fingerprint density at radius 3 is 1.00 bits per heavy atom. The van der Waals surface area contributed by atoms with Crippen molar-refractivity contribution in [1.82, 2.24) is 0 Å². The topological polar surface area (TPSA) is 0 Å². The SMILES string of the molecule is [Ag].[Au].[Cu].[Fe].[Si].[Zn]. The Labute approximate surface area is 107 Å². The van der Waals surface area contributed by atoms with E-state index in [-0.39, 0.29) is 109 Å². The Bertz CT molecular complexity index is 15.5. The molecule has 7 radical (unpaired) electrons. The molecule has 6 heavy (non-hydrogen) atoms. The molecule has 0 aromatic carbocycles. The van der Waals surface area contributed by atoms with E-state index in [1.807, 2.05) is 0 Å². The van der Waals surface area contributed by atoms with Gasteiger partial charge in [0.15, 0.2) is 0 Å². The van der Waals surface area contributed by atoms with Crippen LogP contribution < -0.4 is 0 Å². The zero-order valence-electron chi connectivity index (χ0n) is 2.47. The van der Waals surface area contributed by atoms with E-state index >= 15 is 0 Å². The van der Waals surface area contributed by atoms with Crippen molar-refractivity contribution in [2.75, 3.05) is 0 Å². The first-order chi connectivity index (χ1) is 0. The summed E-state index contributed by atoms with van der Waals surface area (Å²) in [6, 6.07) is 0. The second kappa shape index (κ2) is 40.1. The van der Waals surface area contributed by atoms with Crippen molar-refractivity contribution < 1.29 is 98.4 Å². The minimum atomic E-state index is 0. The van der Waals surface area contributed by atoms with Gasteiger partial charge in [0, 0.05) is 109 Å². The maximum absolute atomic E-state index is 0. The summed E-state index contributed by atoms with van der Waals surface area (Å²) in [6.07, 6.45) is 0. The van der Waals surface area contributed by atoms with Crippen molar-refractivity contribution in [3.63, 3.8) is 0 Å². The summed E-state index contributed by atoms with van der Waals surface area (Å²) < 4.78 is 0. The second-order valence-corrected chi connectivity index (χ2v) is 0. The Morgan fingerprint density at radius 1 is 1.00 bits per heavy atom. The van der Waals surface area contributed by atoms with Crippen molar-refractivity contribution in [3.05, 3.63) is 0 Å². The van der Waals surface area contributed by atoms with Crippen LogP contribution in [-0.2, 0) is 98.4 Å². The summed E-state index contributed by atoms with van der Waals surface area (Å²) >= 11 is 0. The van der Waals surface area contributed by atoms with E-state index in [1.54, 1.807) is 0 Å². The second-order valence-electron chi connectivity index (χ2n) is 0. The molecule has 0 aromatic heterocycles. The monoisotopic (exact) mass is 515 g/mol. The van der Waals surface area contributed by atoms with Gasteiger partial charge < -0.3 is 0 Å². The predicted molar refractivity (Wildman–Crippen MR) is 5.75 cm³/mol. The average molecular weight is 518 g/mol. The minimum Gasteiger partial charge on any atom is 0 e. The van der Waals surface area contributed by atoms with Gasteiger partial charge in [-0.1, -0.05) is 0 Å². The minimum absolute atomic E-state index is 0. The van der Waals surface area contributed by atoms with Crippen molar-refractivity contribution in [1.29, 1.82) is 0 Å². The zero-order chi connectivity index (χ0) is 0. The van der Waals surface area contributed by atoms with Gasteiger partial charge in [-0.3, -0.25) is 0 Å². The largest absolute Gasteiger partial charge is 0 e. The Kier molecular flexibility index (Phi) is 387. The molecule has 0 bridgehead atoms. The molecule has 6 heteroatoms. The van der Waals surface area contributed by atoms with Crippen LogP contribution in [-0.4, -0.2) is 11.0 Å². The maximum Gasteiger partial charge on any atom is 0 e. The molecule has 0 aliphatic heterocycles. The van der Waals surface area contributed by atoms with Gasteiger partial charge in [-0.25, -0.2) is 0 Å². The van der Waals surface area contributed by atoms with Crippen LogP contribution in [0.3, 0.4) is 0 Å². The summed E-state index contributed by atoms with van der Waals surface area (Å²) in [6.45, 7) is 0. The first-order valence-electron chi connectivity index (χ1n) is 0. The third-order valence-electron chi connectivity index (χ3n) is 0. The molecule has 0 saturated heterocycles. The van der Waals surface area contributed by atoms with E-state index < -0.39 is 0 Å². The van der Waals surface area contributed by atoms with Crippen molar-refractivity contribution in [3.8, 4) is 0 Å². The van der Waals surface area contributed by atoms with E-state index in [2.05, 4.69) is 0 Å². The van der Waals surface area contributed by atoms with Crippen LogP contribution in [0.15, 0.2) is 0 Å². The van der Waals surface area contributed by atoms with Crippen LogP contribution in [0.25, 0.3) is 0 Å². The molecule has 0 fully saturated rings. The quantitative estimate of drug-likeness (QED) is 0.384. The van der Waals surface area contributed by atoms with Gasteiger partial charge in [-0.15, -0.1) is 0 Å². The number of hydrogen-bond acceptors (Lipinski definition) is 0. The van der Waals surface area contributed by atoms with E-state index in [4.69, 9.17) is 0 Å². The summed E-state index contributed by atoms with van der Waals surface area (Å²) in [5.41, 5.74) is 0. The van der Waals surface area contributed by atoms with Crippen molar-refractivity contribution in [2.24, 2.45) is 0 Å². The molecule has 0 heterocycles. The van der Waals surface area contributed by atoms with E-state index in [0.717, 1.165) is 0 Å². The van der Waals surface area contributed by atoms with Gasteiger partial charge in [0.05, 0.1) is 0 Å². The van der Waals surface area contributed by atoms with Gasteiger partial charge in [0.25, 0.3) is 0 Å². The molecule has 0 unspecified atom stereocenters. The molecule has 0 aliphatic carbocycles. The molecule has 0 spiro atoms. The predicted octanol–water partition coefficient (Wildman–Crippen LogP) is -0.393. The van der Waals surface area contributed by atoms with Crippen molar-refractivity contribution in [2.45, 2.75) is 0 Å². The Morgan fingerprint density at radius 2 is 1.00 bits per heavy atom. The van der Waals surface area contributed by atoms with Crippen LogP contribution in [0, 0.1) is 0 Å². The van der Waals surface area contributed by atoms with Crippen LogP contribution >= 0.6 is 0 Å². The molecule has 0 rings (SSSR count).